The van der Waals surface area contributed by atoms with Crippen LogP contribution in [0.5, 0.6) is 0 Å². The number of carboxylic acids is 1. The number of benzene rings is 1. The first-order valence-electron chi connectivity index (χ1n) is 11.7. The number of likely N-dealkylation sites (tertiary alicyclic amines) is 1. The van der Waals surface area contributed by atoms with Gasteiger partial charge >= 0.3 is 5.97 Å². The number of fused-ring (bicyclic) bond motifs is 2. The van der Waals surface area contributed by atoms with E-state index in [-0.39, 0.29) is 29.7 Å². The summed E-state index contributed by atoms with van der Waals surface area (Å²) in [5, 5.41) is 11.0. The Labute approximate surface area is 177 Å². The van der Waals surface area contributed by atoms with E-state index < -0.39 is 5.97 Å². The van der Waals surface area contributed by atoms with Crippen molar-refractivity contribution < 1.29 is 14.7 Å². The van der Waals surface area contributed by atoms with Gasteiger partial charge in [0.25, 0.3) is 0 Å². The zero-order valence-corrected chi connectivity index (χ0v) is 17.8. The van der Waals surface area contributed by atoms with Crippen molar-refractivity contribution in [2.45, 2.75) is 76.2 Å². The molecular formula is C25H32N2O3. The van der Waals surface area contributed by atoms with Gasteiger partial charge in [0.2, 0.25) is 5.91 Å². The molecule has 5 rings (SSSR count). The first-order valence-corrected chi connectivity index (χ1v) is 11.7. The number of carboxylic acid groups (broad SMARTS) is 1. The lowest BCUT2D eigenvalue weighted by Gasteiger charge is -2.46. The highest BCUT2D eigenvalue weighted by molar-refractivity contribution is 5.89. The molecule has 1 aliphatic heterocycles. The van der Waals surface area contributed by atoms with Gasteiger partial charge in [-0.1, -0.05) is 25.5 Å². The van der Waals surface area contributed by atoms with Gasteiger partial charge in [-0.3, -0.25) is 9.59 Å². The van der Waals surface area contributed by atoms with Crippen LogP contribution in [-0.4, -0.2) is 39.5 Å². The normalized spacial score (nSPS) is 27.6. The Kier molecular flexibility index (Phi) is 5.08. The van der Waals surface area contributed by atoms with E-state index in [9.17, 15) is 14.7 Å². The Hall–Kier alpha value is -2.30. The van der Waals surface area contributed by atoms with Crippen molar-refractivity contribution in [3.05, 3.63) is 35.5 Å². The number of nitrogens with one attached hydrogen (secondary N) is 1. The lowest BCUT2D eigenvalue weighted by Crippen LogP contribution is -2.53. The molecule has 160 valence electrons. The van der Waals surface area contributed by atoms with E-state index in [4.69, 9.17) is 0 Å². The zero-order chi connectivity index (χ0) is 20.8. The molecule has 0 bridgehead atoms. The maximum atomic E-state index is 13.4. The second-order valence-corrected chi connectivity index (χ2v) is 9.73. The monoisotopic (exact) mass is 408 g/mol. The van der Waals surface area contributed by atoms with Gasteiger partial charge in [0, 0.05) is 36.1 Å². The van der Waals surface area contributed by atoms with Crippen molar-refractivity contribution in [3.63, 3.8) is 0 Å². The Morgan fingerprint density at radius 1 is 1.17 bits per heavy atom. The summed E-state index contributed by atoms with van der Waals surface area (Å²) < 4.78 is 0. The van der Waals surface area contributed by atoms with Gasteiger partial charge < -0.3 is 15.0 Å². The summed E-state index contributed by atoms with van der Waals surface area (Å²) in [6.07, 6.45) is 9.59. The summed E-state index contributed by atoms with van der Waals surface area (Å²) in [6, 6.07) is 6.61. The Morgan fingerprint density at radius 3 is 2.77 bits per heavy atom. The second kappa shape index (κ2) is 7.75. The van der Waals surface area contributed by atoms with Gasteiger partial charge in [-0.05, 0) is 73.5 Å². The predicted molar refractivity (Wildman–Crippen MR) is 117 cm³/mol. The second-order valence-electron chi connectivity index (χ2n) is 9.73. The molecule has 2 aliphatic carbocycles. The molecule has 2 unspecified atom stereocenters. The molecule has 4 atom stereocenters. The van der Waals surface area contributed by atoms with Crippen LogP contribution in [0.2, 0.25) is 0 Å². The number of rotatable bonds is 5. The number of aromatic amines is 1. The molecule has 2 saturated carbocycles. The summed E-state index contributed by atoms with van der Waals surface area (Å²) in [7, 11) is 0. The Balaban J connectivity index is 1.35. The van der Waals surface area contributed by atoms with Crippen LogP contribution in [0.4, 0.5) is 0 Å². The van der Waals surface area contributed by atoms with E-state index in [2.05, 4.69) is 36.3 Å². The quantitative estimate of drug-likeness (QED) is 0.729. The SMILES string of the molecule is CC(CC(=O)N1CCCC2[C@H](C(=O)O)CCC[C@@H]21)c1c[nH]c2cccc(C3CC3)c12. The van der Waals surface area contributed by atoms with Crippen molar-refractivity contribution in [1.29, 1.82) is 0 Å². The molecule has 1 saturated heterocycles. The molecule has 2 N–H and O–H groups in total. The zero-order valence-electron chi connectivity index (χ0n) is 17.8. The fraction of sp³-hybridized carbons (Fsp3) is 0.600. The van der Waals surface area contributed by atoms with Gasteiger partial charge in [-0.25, -0.2) is 0 Å². The molecule has 2 heterocycles. The van der Waals surface area contributed by atoms with E-state index in [1.165, 1.54) is 34.9 Å². The van der Waals surface area contributed by atoms with Crippen LogP contribution in [0, 0.1) is 11.8 Å². The molecular weight excluding hydrogens is 376 g/mol. The predicted octanol–water partition coefficient (Wildman–Crippen LogP) is 5.03. The van der Waals surface area contributed by atoms with Gasteiger partial charge in [0.05, 0.1) is 5.92 Å². The maximum Gasteiger partial charge on any atom is 0.306 e. The fourth-order valence-corrected chi connectivity index (χ4v) is 6.16. The van der Waals surface area contributed by atoms with Crippen molar-refractivity contribution in [1.82, 2.24) is 9.88 Å². The van der Waals surface area contributed by atoms with Gasteiger partial charge in [-0.2, -0.15) is 0 Å². The largest absolute Gasteiger partial charge is 0.481 e. The molecule has 2 aromatic rings. The molecule has 30 heavy (non-hydrogen) atoms. The number of nitrogens with zero attached hydrogens (tertiary/aromatic N) is 1. The standard InChI is InChI=1S/C25H32N2O3/c1-15(20-14-26-21-8-2-5-17(24(20)21)16-10-11-16)13-23(28)27-12-4-7-18-19(25(29)30)6-3-9-22(18)27/h2,5,8,14-16,18-19,22,26H,3-4,6-7,9-13H2,1H3,(H,29,30)/t15?,18?,19-,22+/m1/s1. The lowest BCUT2D eigenvalue weighted by molar-refractivity contribution is -0.152. The number of piperidine rings is 1. The van der Waals surface area contributed by atoms with Crippen molar-refractivity contribution in [2.24, 2.45) is 11.8 Å². The third-order valence-electron chi connectivity index (χ3n) is 7.80. The molecule has 1 amide bonds. The summed E-state index contributed by atoms with van der Waals surface area (Å²) in [6.45, 7) is 2.94. The van der Waals surface area contributed by atoms with Crippen LogP contribution in [0.15, 0.2) is 24.4 Å². The van der Waals surface area contributed by atoms with E-state index in [0.29, 0.717) is 12.3 Å². The van der Waals surface area contributed by atoms with E-state index in [0.717, 1.165) is 38.6 Å². The van der Waals surface area contributed by atoms with Crippen LogP contribution in [0.3, 0.4) is 0 Å². The molecule has 3 aliphatic rings. The van der Waals surface area contributed by atoms with Crippen molar-refractivity contribution in [3.8, 4) is 0 Å². The highest BCUT2D eigenvalue weighted by atomic mass is 16.4. The first kappa shape index (κ1) is 19.7. The number of aliphatic carboxylic acids is 1. The van der Waals surface area contributed by atoms with Gasteiger partial charge in [0.1, 0.15) is 0 Å². The minimum absolute atomic E-state index is 0.110. The highest BCUT2D eigenvalue weighted by Crippen LogP contribution is 2.45. The third kappa shape index (κ3) is 3.42. The third-order valence-corrected chi connectivity index (χ3v) is 7.80. The summed E-state index contributed by atoms with van der Waals surface area (Å²) in [5.74, 6) is 0.167. The number of carbonyl (C=O) groups excluding carboxylic acids is 1. The number of amides is 1. The summed E-state index contributed by atoms with van der Waals surface area (Å²) >= 11 is 0. The minimum atomic E-state index is -0.682. The van der Waals surface area contributed by atoms with Crippen LogP contribution in [0.1, 0.15) is 81.3 Å². The Bertz CT molecular complexity index is 960. The topological polar surface area (TPSA) is 73.4 Å². The van der Waals surface area contributed by atoms with Crippen LogP contribution >= 0.6 is 0 Å². The van der Waals surface area contributed by atoms with E-state index >= 15 is 0 Å². The van der Waals surface area contributed by atoms with Crippen LogP contribution in [-0.2, 0) is 9.59 Å². The van der Waals surface area contributed by atoms with Crippen LogP contribution < -0.4 is 0 Å². The highest BCUT2D eigenvalue weighted by Gasteiger charge is 2.43. The number of hydrogen-bond donors (Lipinski definition) is 2. The average molecular weight is 409 g/mol. The van der Waals surface area contributed by atoms with Crippen LogP contribution in [0.25, 0.3) is 10.9 Å². The number of aromatic nitrogens is 1. The van der Waals surface area contributed by atoms with Crippen molar-refractivity contribution in [2.75, 3.05) is 6.54 Å². The number of carbonyl (C=O) groups is 2. The van der Waals surface area contributed by atoms with Crippen molar-refractivity contribution >= 4 is 22.8 Å². The molecule has 1 aromatic carbocycles. The maximum absolute atomic E-state index is 13.4. The van der Waals surface area contributed by atoms with E-state index in [1.54, 1.807) is 0 Å². The molecule has 3 fully saturated rings. The number of hydrogen-bond acceptors (Lipinski definition) is 2. The van der Waals surface area contributed by atoms with E-state index in [1.807, 2.05) is 4.90 Å². The lowest BCUT2D eigenvalue weighted by atomic mass is 9.71. The smallest absolute Gasteiger partial charge is 0.306 e. The molecule has 0 radical (unpaired) electrons. The molecule has 1 aromatic heterocycles. The van der Waals surface area contributed by atoms with Gasteiger partial charge in [-0.15, -0.1) is 0 Å². The molecule has 5 heteroatoms. The average Bonchev–Trinajstić information content (AvgIpc) is 3.50. The summed E-state index contributed by atoms with van der Waals surface area (Å²) in [5.41, 5.74) is 3.85. The minimum Gasteiger partial charge on any atom is -0.481 e. The van der Waals surface area contributed by atoms with Gasteiger partial charge in [0.15, 0.2) is 0 Å². The summed E-state index contributed by atoms with van der Waals surface area (Å²) in [4.78, 5) is 30.6. The Morgan fingerprint density at radius 2 is 2.00 bits per heavy atom. The molecule has 0 spiro atoms. The fourth-order valence-electron chi connectivity index (χ4n) is 6.16. The molecule has 5 nitrogen and oxygen atoms in total. The first-order chi connectivity index (χ1) is 14.5. The number of H-pyrrole nitrogens is 1.